The summed E-state index contributed by atoms with van der Waals surface area (Å²) < 4.78 is 26.2. The number of nitrogens with zero attached hydrogens (tertiary/aromatic N) is 5. The van der Waals surface area contributed by atoms with Crippen molar-refractivity contribution in [3.8, 4) is 11.5 Å². The fourth-order valence-electron chi connectivity index (χ4n) is 4.29. The third-order valence-corrected chi connectivity index (χ3v) is 6.36. The van der Waals surface area contributed by atoms with E-state index in [0.717, 1.165) is 62.5 Å². The summed E-state index contributed by atoms with van der Waals surface area (Å²) in [7, 11) is 1.72. The molecule has 0 atom stereocenters. The first-order valence-corrected chi connectivity index (χ1v) is 10.9. The number of aromatic nitrogens is 4. The Morgan fingerprint density at radius 2 is 1.94 bits per heavy atom. The summed E-state index contributed by atoms with van der Waals surface area (Å²) in [4.78, 5) is 7.18. The van der Waals surface area contributed by atoms with Crippen LogP contribution in [0.5, 0.6) is 0 Å². The molecule has 3 heterocycles. The van der Waals surface area contributed by atoms with E-state index in [2.05, 4.69) is 35.2 Å². The van der Waals surface area contributed by atoms with Crippen molar-refractivity contribution in [2.45, 2.75) is 51.6 Å². The summed E-state index contributed by atoms with van der Waals surface area (Å²) >= 11 is 0. The van der Waals surface area contributed by atoms with Crippen LogP contribution in [0.2, 0.25) is 0 Å². The minimum atomic E-state index is -0.285. The minimum Gasteiger partial charge on any atom is -0.385 e. The molecular formula is C23H30FN5O2. The lowest BCUT2D eigenvalue weighted by Crippen LogP contribution is -2.43. The number of ether oxygens (including phenoxy) is 1. The summed E-state index contributed by atoms with van der Waals surface area (Å²) in [6.45, 7) is 8.50. The third-order valence-electron chi connectivity index (χ3n) is 6.36. The SMILES string of the molecule is CCn1cc(CN2CCC(CCOC)(c3noc(-c4ccc(F)cc4)n3)CC2)c(C)n1. The van der Waals surface area contributed by atoms with E-state index in [-0.39, 0.29) is 11.2 Å². The highest BCUT2D eigenvalue weighted by atomic mass is 19.1. The molecule has 1 aliphatic heterocycles. The fraction of sp³-hybridized carbons (Fsp3) is 0.522. The van der Waals surface area contributed by atoms with Gasteiger partial charge in [0.1, 0.15) is 5.82 Å². The predicted molar refractivity (Wildman–Crippen MR) is 115 cm³/mol. The van der Waals surface area contributed by atoms with Crippen molar-refractivity contribution in [3.05, 3.63) is 53.4 Å². The molecule has 3 aromatic rings. The molecule has 0 amide bonds. The van der Waals surface area contributed by atoms with Gasteiger partial charge in [-0.2, -0.15) is 10.1 Å². The Morgan fingerprint density at radius 3 is 2.58 bits per heavy atom. The van der Waals surface area contributed by atoms with Gasteiger partial charge in [-0.25, -0.2) is 4.39 Å². The number of benzene rings is 1. The lowest BCUT2D eigenvalue weighted by molar-refractivity contribution is 0.103. The molecule has 166 valence electrons. The molecule has 1 saturated heterocycles. The van der Waals surface area contributed by atoms with E-state index < -0.39 is 0 Å². The molecule has 2 aromatic heterocycles. The van der Waals surface area contributed by atoms with Gasteiger partial charge in [-0.15, -0.1) is 0 Å². The van der Waals surface area contributed by atoms with Gasteiger partial charge in [-0.3, -0.25) is 9.58 Å². The Kier molecular flexibility index (Phi) is 6.48. The molecule has 1 aliphatic rings. The van der Waals surface area contributed by atoms with E-state index in [1.54, 1.807) is 19.2 Å². The van der Waals surface area contributed by atoms with Crippen LogP contribution in [-0.2, 0) is 23.2 Å². The van der Waals surface area contributed by atoms with Crippen LogP contribution >= 0.6 is 0 Å². The molecule has 4 rings (SSSR count). The van der Waals surface area contributed by atoms with Crippen LogP contribution in [0.1, 0.15) is 43.3 Å². The van der Waals surface area contributed by atoms with Crippen LogP contribution in [-0.4, -0.2) is 51.6 Å². The first kappa shape index (κ1) is 21.6. The van der Waals surface area contributed by atoms with Gasteiger partial charge in [-0.05, 0) is 70.5 Å². The van der Waals surface area contributed by atoms with E-state index in [4.69, 9.17) is 14.2 Å². The number of likely N-dealkylation sites (tertiary alicyclic amines) is 1. The quantitative estimate of drug-likeness (QED) is 0.542. The van der Waals surface area contributed by atoms with Crippen molar-refractivity contribution in [1.29, 1.82) is 0 Å². The number of aryl methyl sites for hydroxylation is 2. The van der Waals surface area contributed by atoms with E-state index >= 15 is 0 Å². The Labute approximate surface area is 182 Å². The second kappa shape index (κ2) is 9.28. The number of piperidine rings is 1. The Balaban J connectivity index is 1.49. The van der Waals surface area contributed by atoms with Crippen molar-refractivity contribution in [1.82, 2.24) is 24.8 Å². The maximum Gasteiger partial charge on any atom is 0.257 e. The van der Waals surface area contributed by atoms with Gasteiger partial charge in [0.05, 0.1) is 5.69 Å². The minimum absolute atomic E-state index is 0.184. The molecule has 0 aliphatic carbocycles. The number of halogens is 1. The maximum absolute atomic E-state index is 13.2. The summed E-state index contributed by atoms with van der Waals surface area (Å²) in [6.07, 6.45) is 4.85. The second-order valence-corrected chi connectivity index (χ2v) is 8.32. The normalized spacial score (nSPS) is 16.6. The van der Waals surface area contributed by atoms with E-state index in [9.17, 15) is 4.39 Å². The number of hydrogen-bond donors (Lipinski definition) is 0. The molecule has 8 heteroatoms. The standard InChI is InChI=1S/C23H30FN5O2/c1-4-29-16-19(17(2)26-29)15-28-12-9-23(10-13-28,11-14-30-3)22-25-21(31-27-22)18-5-7-20(24)8-6-18/h5-8,16H,4,9-15H2,1-3H3. The topological polar surface area (TPSA) is 69.2 Å². The average molecular weight is 428 g/mol. The van der Waals surface area contributed by atoms with Crippen molar-refractivity contribution in [2.75, 3.05) is 26.8 Å². The third kappa shape index (κ3) is 4.70. The highest BCUT2D eigenvalue weighted by Crippen LogP contribution is 2.38. The number of rotatable bonds is 8. The van der Waals surface area contributed by atoms with Crippen LogP contribution in [0, 0.1) is 12.7 Å². The molecule has 0 saturated carbocycles. The molecule has 0 unspecified atom stereocenters. The Hall–Kier alpha value is -2.58. The Morgan fingerprint density at radius 1 is 1.19 bits per heavy atom. The molecule has 1 fully saturated rings. The van der Waals surface area contributed by atoms with Gasteiger partial charge < -0.3 is 9.26 Å². The van der Waals surface area contributed by atoms with Crippen molar-refractivity contribution >= 4 is 0 Å². The second-order valence-electron chi connectivity index (χ2n) is 8.32. The van der Waals surface area contributed by atoms with Gasteiger partial charge >= 0.3 is 0 Å². The van der Waals surface area contributed by atoms with Gasteiger partial charge in [0.15, 0.2) is 5.82 Å². The lowest BCUT2D eigenvalue weighted by Gasteiger charge is -2.39. The highest BCUT2D eigenvalue weighted by Gasteiger charge is 2.40. The summed E-state index contributed by atoms with van der Waals surface area (Å²) in [5.41, 5.74) is 2.92. The van der Waals surface area contributed by atoms with Gasteiger partial charge in [0.2, 0.25) is 0 Å². The number of hydrogen-bond acceptors (Lipinski definition) is 6. The number of methoxy groups -OCH3 is 1. The van der Waals surface area contributed by atoms with Crippen LogP contribution in [0.15, 0.2) is 35.0 Å². The summed E-state index contributed by atoms with van der Waals surface area (Å²) in [5, 5.41) is 8.90. The zero-order valence-corrected chi connectivity index (χ0v) is 18.5. The van der Waals surface area contributed by atoms with Crippen LogP contribution in [0.3, 0.4) is 0 Å². The molecule has 0 spiro atoms. The molecule has 0 radical (unpaired) electrons. The maximum atomic E-state index is 13.2. The molecule has 31 heavy (non-hydrogen) atoms. The summed E-state index contributed by atoms with van der Waals surface area (Å²) in [6, 6.07) is 6.13. The van der Waals surface area contributed by atoms with Crippen molar-refractivity contribution in [2.24, 2.45) is 0 Å². The largest absolute Gasteiger partial charge is 0.385 e. The highest BCUT2D eigenvalue weighted by molar-refractivity contribution is 5.52. The first-order valence-electron chi connectivity index (χ1n) is 10.9. The van der Waals surface area contributed by atoms with E-state index in [1.807, 2.05) is 4.68 Å². The fourth-order valence-corrected chi connectivity index (χ4v) is 4.29. The molecule has 7 nitrogen and oxygen atoms in total. The van der Waals surface area contributed by atoms with E-state index in [0.29, 0.717) is 12.5 Å². The monoisotopic (exact) mass is 427 g/mol. The zero-order valence-electron chi connectivity index (χ0n) is 18.5. The Bertz CT molecular complexity index is 990. The van der Waals surface area contributed by atoms with Gasteiger partial charge in [0, 0.05) is 49.5 Å². The van der Waals surface area contributed by atoms with Crippen molar-refractivity contribution in [3.63, 3.8) is 0 Å². The van der Waals surface area contributed by atoms with Gasteiger partial charge in [-0.1, -0.05) is 5.16 Å². The van der Waals surface area contributed by atoms with E-state index in [1.165, 1.54) is 17.7 Å². The molecule has 1 aromatic carbocycles. The first-order chi connectivity index (χ1) is 15.0. The predicted octanol–water partition coefficient (Wildman–Crippen LogP) is 3.97. The van der Waals surface area contributed by atoms with Crippen LogP contribution in [0.4, 0.5) is 4.39 Å². The summed E-state index contributed by atoms with van der Waals surface area (Å²) in [5.74, 6) is 0.863. The smallest absolute Gasteiger partial charge is 0.257 e. The van der Waals surface area contributed by atoms with Gasteiger partial charge in [0.25, 0.3) is 5.89 Å². The molecule has 0 N–H and O–H groups in total. The average Bonchev–Trinajstić information content (AvgIpc) is 3.42. The zero-order chi connectivity index (χ0) is 21.8. The van der Waals surface area contributed by atoms with Crippen molar-refractivity contribution < 1.29 is 13.7 Å². The lowest BCUT2D eigenvalue weighted by atomic mass is 9.75. The molecule has 0 bridgehead atoms. The van der Waals surface area contributed by atoms with Crippen LogP contribution < -0.4 is 0 Å². The molecular weight excluding hydrogens is 397 g/mol. The van der Waals surface area contributed by atoms with Crippen LogP contribution in [0.25, 0.3) is 11.5 Å².